The average Bonchev–Trinajstić information content (AvgIpc) is 2.54. The van der Waals surface area contributed by atoms with Crippen LogP contribution >= 0.6 is 0 Å². The van der Waals surface area contributed by atoms with Crippen molar-refractivity contribution in [2.75, 3.05) is 24.6 Å². The second kappa shape index (κ2) is 5.14. The number of carbonyl (C=O) groups is 1. The van der Waals surface area contributed by atoms with Gasteiger partial charge in [-0.25, -0.2) is 4.79 Å². The second-order valence-electron chi connectivity index (χ2n) is 4.18. The summed E-state index contributed by atoms with van der Waals surface area (Å²) in [5, 5.41) is 9.13. The van der Waals surface area contributed by atoms with Crippen LogP contribution in [0.1, 0.15) is 23.7 Å². The van der Waals surface area contributed by atoms with E-state index in [0.717, 1.165) is 25.3 Å². The highest BCUT2D eigenvalue weighted by Gasteiger charge is 2.20. The molecule has 17 heavy (non-hydrogen) atoms. The lowest BCUT2D eigenvalue weighted by atomic mass is 10.2. The predicted octanol–water partition coefficient (Wildman–Crippen LogP) is 1.40. The van der Waals surface area contributed by atoms with Crippen molar-refractivity contribution >= 4 is 11.7 Å². The summed E-state index contributed by atoms with van der Waals surface area (Å²) in [6, 6.07) is 1.75. The van der Waals surface area contributed by atoms with Crippen LogP contribution in [0.25, 0.3) is 0 Å². The molecule has 2 rings (SSSR count). The van der Waals surface area contributed by atoms with Crippen LogP contribution in [-0.2, 0) is 4.74 Å². The van der Waals surface area contributed by atoms with Gasteiger partial charge in [-0.1, -0.05) is 0 Å². The van der Waals surface area contributed by atoms with Gasteiger partial charge in [-0.2, -0.15) is 0 Å². The first kappa shape index (κ1) is 11.9. The first-order chi connectivity index (χ1) is 8.18. The molecule has 0 aliphatic carbocycles. The van der Waals surface area contributed by atoms with E-state index in [2.05, 4.69) is 9.88 Å². The van der Waals surface area contributed by atoms with E-state index in [1.54, 1.807) is 12.3 Å². The van der Waals surface area contributed by atoms with E-state index >= 15 is 0 Å². The van der Waals surface area contributed by atoms with Crippen molar-refractivity contribution in [3.05, 3.63) is 24.0 Å². The standard InChI is InChI=1S/C12H16N2O3/c1-9-8-14(5-2-6-17-9)11-3-4-13-7-10(11)12(15)16/h3-4,7,9H,2,5-6,8H2,1H3,(H,15,16). The van der Waals surface area contributed by atoms with E-state index in [0.29, 0.717) is 6.54 Å². The maximum Gasteiger partial charge on any atom is 0.339 e. The molecule has 0 aromatic carbocycles. The third kappa shape index (κ3) is 2.74. The van der Waals surface area contributed by atoms with Gasteiger partial charge in [-0.3, -0.25) is 4.98 Å². The quantitative estimate of drug-likeness (QED) is 0.840. The first-order valence-corrected chi connectivity index (χ1v) is 5.72. The Labute approximate surface area is 100 Å². The minimum Gasteiger partial charge on any atom is -0.478 e. The van der Waals surface area contributed by atoms with Gasteiger partial charge in [0.15, 0.2) is 0 Å². The molecule has 1 aliphatic heterocycles. The molecule has 1 aliphatic rings. The molecule has 92 valence electrons. The summed E-state index contributed by atoms with van der Waals surface area (Å²) in [4.78, 5) is 17.1. The minimum atomic E-state index is -0.939. The summed E-state index contributed by atoms with van der Waals surface area (Å²) in [5.41, 5.74) is 0.978. The van der Waals surface area contributed by atoms with Gasteiger partial charge in [0, 0.05) is 32.1 Å². The maximum atomic E-state index is 11.1. The SMILES string of the molecule is CC1CN(c2ccncc2C(=O)O)CCCO1. The molecule has 0 radical (unpaired) electrons. The van der Waals surface area contributed by atoms with Gasteiger partial charge in [0.25, 0.3) is 0 Å². The number of anilines is 1. The van der Waals surface area contributed by atoms with Crippen molar-refractivity contribution in [1.29, 1.82) is 0 Å². The van der Waals surface area contributed by atoms with Crippen LogP contribution in [0.2, 0.25) is 0 Å². The van der Waals surface area contributed by atoms with Gasteiger partial charge < -0.3 is 14.7 Å². The molecule has 0 amide bonds. The van der Waals surface area contributed by atoms with Gasteiger partial charge in [0.2, 0.25) is 0 Å². The second-order valence-corrected chi connectivity index (χ2v) is 4.18. The smallest absolute Gasteiger partial charge is 0.339 e. The van der Waals surface area contributed by atoms with Gasteiger partial charge in [-0.15, -0.1) is 0 Å². The minimum absolute atomic E-state index is 0.118. The van der Waals surface area contributed by atoms with E-state index in [9.17, 15) is 4.79 Å². The molecule has 0 saturated carbocycles. The van der Waals surface area contributed by atoms with Gasteiger partial charge in [0.1, 0.15) is 5.56 Å². The molecule has 1 fully saturated rings. The average molecular weight is 236 g/mol. The number of carboxylic acids is 1. The van der Waals surface area contributed by atoms with E-state index in [4.69, 9.17) is 9.84 Å². The Hall–Kier alpha value is -1.62. The lowest BCUT2D eigenvalue weighted by Crippen LogP contribution is -2.31. The maximum absolute atomic E-state index is 11.1. The fourth-order valence-electron chi connectivity index (χ4n) is 2.04. The van der Waals surface area contributed by atoms with Crippen LogP contribution in [0, 0.1) is 0 Å². The highest BCUT2D eigenvalue weighted by atomic mass is 16.5. The lowest BCUT2D eigenvalue weighted by molar-refractivity contribution is 0.0696. The molecule has 1 N–H and O–H groups in total. The molecule has 5 nitrogen and oxygen atoms in total. The van der Waals surface area contributed by atoms with E-state index in [1.165, 1.54) is 6.20 Å². The van der Waals surface area contributed by atoms with Crippen LogP contribution in [0.5, 0.6) is 0 Å². The van der Waals surface area contributed by atoms with Crippen molar-refractivity contribution in [2.45, 2.75) is 19.4 Å². The molecular weight excluding hydrogens is 220 g/mol. The topological polar surface area (TPSA) is 62.7 Å². The van der Waals surface area contributed by atoms with E-state index in [1.807, 2.05) is 6.92 Å². The van der Waals surface area contributed by atoms with E-state index in [-0.39, 0.29) is 11.7 Å². The summed E-state index contributed by atoms with van der Waals surface area (Å²) in [6.45, 7) is 4.25. The van der Waals surface area contributed by atoms with Crippen LogP contribution in [-0.4, -0.2) is 41.9 Å². The fraction of sp³-hybridized carbons (Fsp3) is 0.500. The number of ether oxygens (including phenoxy) is 1. The normalized spacial score (nSPS) is 21.0. The summed E-state index contributed by atoms with van der Waals surface area (Å²) < 4.78 is 5.55. The molecule has 1 aromatic heterocycles. The van der Waals surface area contributed by atoms with Crippen molar-refractivity contribution in [1.82, 2.24) is 4.98 Å². The lowest BCUT2D eigenvalue weighted by Gasteiger charge is -2.25. The molecule has 0 spiro atoms. The summed E-state index contributed by atoms with van der Waals surface area (Å²) >= 11 is 0. The number of carboxylic acid groups (broad SMARTS) is 1. The third-order valence-corrected chi connectivity index (χ3v) is 2.82. The molecule has 1 unspecified atom stereocenters. The molecule has 5 heteroatoms. The molecule has 0 bridgehead atoms. The van der Waals surface area contributed by atoms with Gasteiger partial charge in [-0.05, 0) is 19.4 Å². The number of nitrogens with zero attached hydrogens (tertiary/aromatic N) is 2. The number of aromatic carboxylic acids is 1. The largest absolute Gasteiger partial charge is 0.478 e. The predicted molar refractivity (Wildman–Crippen MR) is 63.4 cm³/mol. The Morgan fingerprint density at radius 2 is 2.47 bits per heavy atom. The number of hydrogen-bond donors (Lipinski definition) is 1. The molecule has 1 saturated heterocycles. The van der Waals surface area contributed by atoms with Gasteiger partial charge in [0.05, 0.1) is 11.8 Å². The zero-order valence-corrected chi connectivity index (χ0v) is 9.80. The van der Waals surface area contributed by atoms with Gasteiger partial charge >= 0.3 is 5.97 Å². The zero-order valence-electron chi connectivity index (χ0n) is 9.80. The first-order valence-electron chi connectivity index (χ1n) is 5.72. The Morgan fingerprint density at radius 3 is 3.24 bits per heavy atom. The van der Waals surface area contributed by atoms with Crippen LogP contribution in [0.3, 0.4) is 0 Å². The Morgan fingerprint density at radius 1 is 1.65 bits per heavy atom. The fourth-order valence-corrected chi connectivity index (χ4v) is 2.04. The van der Waals surface area contributed by atoms with Crippen LogP contribution in [0.4, 0.5) is 5.69 Å². The van der Waals surface area contributed by atoms with E-state index < -0.39 is 5.97 Å². The molecule has 1 atom stereocenters. The number of pyridine rings is 1. The van der Waals surface area contributed by atoms with Crippen molar-refractivity contribution in [3.63, 3.8) is 0 Å². The summed E-state index contributed by atoms with van der Waals surface area (Å²) in [6.07, 6.45) is 4.05. The number of hydrogen-bond acceptors (Lipinski definition) is 4. The van der Waals surface area contributed by atoms with Crippen LogP contribution < -0.4 is 4.90 Å². The highest BCUT2D eigenvalue weighted by Crippen LogP contribution is 2.21. The Bertz CT molecular complexity index is 408. The van der Waals surface area contributed by atoms with Crippen molar-refractivity contribution in [2.24, 2.45) is 0 Å². The zero-order chi connectivity index (χ0) is 12.3. The highest BCUT2D eigenvalue weighted by molar-refractivity contribution is 5.94. The molecule has 2 heterocycles. The Kier molecular flexibility index (Phi) is 3.58. The summed E-state index contributed by atoms with van der Waals surface area (Å²) in [5.74, 6) is -0.939. The third-order valence-electron chi connectivity index (χ3n) is 2.82. The number of aromatic nitrogens is 1. The Balaban J connectivity index is 2.28. The van der Waals surface area contributed by atoms with Crippen molar-refractivity contribution < 1.29 is 14.6 Å². The monoisotopic (exact) mass is 236 g/mol. The van der Waals surface area contributed by atoms with Crippen LogP contribution in [0.15, 0.2) is 18.5 Å². The number of rotatable bonds is 2. The van der Waals surface area contributed by atoms with Crippen molar-refractivity contribution in [3.8, 4) is 0 Å². The summed E-state index contributed by atoms with van der Waals surface area (Å²) in [7, 11) is 0. The molecule has 1 aromatic rings. The molecular formula is C12H16N2O3.